The highest BCUT2D eigenvalue weighted by atomic mass is 16.2. The Morgan fingerprint density at radius 3 is 1.94 bits per heavy atom. The molecule has 0 aliphatic heterocycles. The van der Waals surface area contributed by atoms with Gasteiger partial charge in [-0.25, -0.2) is 0 Å². The molecule has 3 heteroatoms. The Balaban J connectivity index is 4.88. The fourth-order valence-corrected chi connectivity index (χ4v) is 1.93. The molecule has 0 radical (unpaired) electrons. The number of rotatable bonds is 6. The first-order valence-corrected chi connectivity index (χ1v) is 6.33. The number of hydrogen-bond donors (Lipinski definition) is 1. The molecular weight excluding hydrogens is 200 g/mol. The van der Waals surface area contributed by atoms with Gasteiger partial charge in [0.2, 0.25) is 5.91 Å². The summed E-state index contributed by atoms with van der Waals surface area (Å²) >= 11 is 0. The van der Waals surface area contributed by atoms with Crippen molar-refractivity contribution in [2.45, 2.75) is 53.5 Å². The molecule has 1 amide bonds. The minimum Gasteiger partial charge on any atom is -0.342 e. The zero-order chi connectivity index (χ0) is 12.9. The van der Waals surface area contributed by atoms with Gasteiger partial charge in [-0.1, -0.05) is 27.7 Å². The van der Waals surface area contributed by atoms with Gasteiger partial charge in [0.15, 0.2) is 0 Å². The number of nitrogens with two attached hydrogens (primary N) is 1. The highest BCUT2D eigenvalue weighted by Gasteiger charge is 2.37. The topological polar surface area (TPSA) is 46.3 Å². The van der Waals surface area contributed by atoms with Gasteiger partial charge in [-0.3, -0.25) is 4.79 Å². The van der Waals surface area contributed by atoms with Crippen molar-refractivity contribution in [2.75, 3.05) is 13.6 Å². The van der Waals surface area contributed by atoms with Crippen LogP contribution in [0.5, 0.6) is 0 Å². The van der Waals surface area contributed by atoms with Crippen LogP contribution in [0.15, 0.2) is 0 Å². The van der Waals surface area contributed by atoms with Crippen LogP contribution in [0.25, 0.3) is 0 Å². The first-order chi connectivity index (χ1) is 7.36. The lowest BCUT2D eigenvalue weighted by Gasteiger charge is -2.37. The van der Waals surface area contributed by atoms with E-state index < -0.39 is 0 Å². The van der Waals surface area contributed by atoms with Gasteiger partial charge in [0.25, 0.3) is 0 Å². The number of nitrogens with zero attached hydrogens (tertiary/aromatic N) is 1. The summed E-state index contributed by atoms with van der Waals surface area (Å²) in [6, 6.07) is 0.261. The molecular formula is C13H28N2O. The van der Waals surface area contributed by atoms with Crippen LogP contribution < -0.4 is 5.73 Å². The van der Waals surface area contributed by atoms with Crippen molar-refractivity contribution < 1.29 is 4.79 Å². The predicted molar refractivity (Wildman–Crippen MR) is 69.1 cm³/mol. The molecule has 16 heavy (non-hydrogen) atoms. The van der Waals surface area contributed by atoms with Gasteiger partial charge in [-0.15, -0.1) is 0 Å². The Morgan fingerprint density at radius 2 is 1.69 bits per heavy atom. The molecule has 0 spiro atoms. The Morgan fingerprint density at radius 1 is 1.25 bits per heavy atom. The van der Waals surface area contributed by atoms with Crippen molar-refractivity contribution in [1.29, 1.82) is 0 Å². The first kappa shape index (κ1) is 15.4. The molecule has 0 bridgehead atoms. The summed E-state index contributed by atoms with van der Waals surface area (Å²) < 4.78 is 0. The Labute approximate surface area is 100 Å². The minimum absolute atomic E-state index is 0.196. The van der Waals surface area contributed by atoms with E-state index in [0.29, 0.717) is 12.5 Å². The van der Waals surface area contributed by atoms with E-state index in [1.807, 2.05) is 25.8 Å². The van der Waals surface area contributed by atoms with Crippen molar-refractivity contribution in [3.05, 3.63) is 0 Å². The van der Waals surface area contributed by atoms with Gasteiger partial charge >= 0.3 is 0 Å². The molecule has 0 aromatic carbocycles. The summed E-state index contributed by atoms with van der Waals surface area (Å²) in [5, 5.41) is 0. The quantitative estimate of drug-likeness (QED) is 0.758. The average Bonchev–Trinajstić information content (AvgIpc) is 2.29. The summed E-state index contributed by atoms with van der Waals surface area (Å²) in [5.74, 6) is 0.666. The fraction of sp³-hybridized carbons (Fsp3) is 0.923. The summed E-state index contributed by atoms with van der Waals surface area (Å²) in [7, 11) is 1.89. The van der Waals surface area contributed by atoms with E-state index in [1.165, 1.54) is 0 Å². The number of carbonyl (C=O) groups excluding carboxylic acids is 1. The Bertz CT molecular complexity index is 214. The van der Waals surface area contributed by atoms with Crippen LogP contribution in [0.3, 0.4) is 0 Å². The van der Waals surface area contributed by atoms with Crippen LogP contribution in [0.2, 0.25) is 0 Å². The van der Waals surface area contributed by atoms with Gasteiger partial charge in [0.05, 0.1) is 5.41 Å². The standard InChI is InChI=1S/C13H28N2O/c1-7-13(8-2,9-14)12(16)15(6)11(5)10(3)4/h10-11H,7-9,14H2,1-6H3. The lowest BCUT2D eigenvalue weighted by molar-refractivity contribution is -0.143. The molecule has 96 valence electrons. The van der Waals surface area contributed by atoms with Crippen LogP contribution in [-0.4, -0.2) is 30.4 Å². The van der Waals surface area contributed by atoms with Crippen LogP contribution in [0.1, 0.15) is 47.5 Å². The zero-order valence-corrected chi connectivity index (χ0v) is 11.7. The van der Waals surface area contributed by atoms with E-state index in [2.05, 4.69) is 20.8 Å². The molecule has 0 saturated carbocycles. The molecule has 0 aliphatic carbocycles. The highest BCUT2D eigenvalue weighted by Crippen LogP contribution is 2.28. The lowest BCUT2D eigenvalue weighted by atomic mass is 9.80. The summed E-state index contributed by atoms with van der Waals surface area (Å²) in [6.45, 7) is 10.9. The Hall–Kier alpha value is -0.570. The van der Waals surface area contributed by atoms with Crippen molar-refractivity contribution in [2.24, 2.45) is 17.1 Å². The average molecular weight is 228 g/mol. The molecule has 2 N–H and O–H groups in total. The number of amides is 1. The number of hydrogen-bond acceptors (Lipinski definition) is 2. The van der Waals surface area contributed by atoms with Gasteiger partial charge in [0, 0.05) is 19.6 Å². The minimum atomic E-state index is -0.363. The molecule has 3 nitrogen and oxygen atoms in total. The van der Waals surface area contributed by atoms with Crippen molar-refractivity contribution in [3.63, 3.8) is 0 Å². The monoisotopic (exact) mass is 228 g/mol. The third-order valence-electron chi connectivity index (χ3n) is 4.09. The first-order valence-electron chi connectivity index (χ1n) is 6.33. The summed E-state index contributed by atoms with van der Waals surface area (Å²) in [4.78, 5) is 14.3. The van der Waals surface area contributed by atoms with Crippen LogP contribution >= 0.6 is 0 Å². The molecule has 0 rings (SSSR count). The second-order valence-corrected chi connectivity index (χ2v) is 5.09. The Kier molecular flexibility index (Phi) is 6.01. The van der Waals surface area contributed by atoms with E-state index >= 15 is 0 Å². The van der Waals surface area contributed by atoms with Crippen LogP contribution in [-0.2, 0) is 4.79 Å². The molecule has 0 aromatic heterocycles. The van der Waals surface area contributed by atoms with Crippen LogP contribution in [0.4, 0.5) is 0 Å². The molecule has 1 unspecified atom stereocenters. The smallest absolute Gasteiger partial charge is 0.230 e. The third-order valence-corrected chi connectivity index (χ3v) is 4.09. The largest absolute Gasteiger partial charge is 0.342 e. The normalized spacial score (nSPS) is 14.0. The molecule has 0 aliphatic rings. The van der Waals surface area contributed by atoms with Gasteiger partial charge in [-0.2, -0.15) is 0 Å². The second-order valence-electron chi connectivity index (χ2n) is 5.09. The molecule has 0 heterocycles. The van der Waals surface area contributed by atoms with E-state index in [4.69, 9.17) is 5.73 Å². The predicted octanol–water partition coefficient (Wildman–Crippen LogP) is 2.25. The van der Waals surface area contributed by atoms with E-state index in [0.717, 1.165) is 12.8 Å². The third kappa shape index (κ3) is 2.97. The second kappa shape index (κ2) is 6.24. The van der Waals surface area contributed by atoms with Gasteiger partial charge in [-0.05, 0) is 25.7 Å². The molecule has 0 saturated heterocycles. The molecule has 0 aromatic rings. The van der Waals surface area contributed by atoms with E-state index in [9.17, 15) is 4.79 Å². The SMILES string of the molecule is CCC(CC)(CN)C(=O)N(C)C(C)C(C)C. The molecule has 1 atom stereocenters. The van der Waals surface area contributed by atoms with Gasteiger partial charge < -0.3 is 10.6 Å². The van der Waals surface area contributed by atoms with Gasteiger partial charge in [0.1, 0.15) is 0 Å². The maximum atomic E-state index is 12.5. The maximum Gasteiger partial charge on any atom is 0.230 e. The van der Waals surface area contributed by atoms with E-state index in [1.54, 1.807) is 0 Å². The van der Waals surface area contributed by atoms with E-state index in [-0.39, 0.29) is 17.4 Å². The van der Waals surface area contributed by atoms with Crippen LogP contribution in [0, 0.1) is 11.3 Å². The van der Waals surface area contributed by atoms with Crippen molar-refractivity contribution >= 4 is 5.91 Å². The highest BCUT2D eigenvalue weighted by molar-refractivity contribution is 5.83. The summed E-state index contributed by atoms with van der Waals surface area (Å²) in [5.41, 5.74) is 5.43. The fourth-order valence-electron chi connectivity index (χ4n) is 1.93. The van der Waals surface area contributed by atoms with Crippen molar-refractivity contribution in [1.82, 2.24) is 4.90 Å². The van der Waals surface area contributed by atoms with Crippen molar-refractivity contribution in [3.8, 4) is 0 Å². The maximum absolute atomic E-state index is 12.5. The number of carbonyl (C=O) groups is 1. The zero-order valence-electron chi connectivity index (χ0n) is 11.7. The molecule has 0 fully saturated rings. The lowest BCUT2D eigenvalue weighted by Crippen LogP contribution is -2.50. The summed E-state index contributed by atoms with van der Waals surface area (Å²) in [6.07, 6.45) is 1.63.